The van der Waals surface area contributed by atoms with Gasteiger partial charge in [-0.05, 0) is 59.2 Å². The molecule has 8 nitrogen and oxygen atoms in total. The number of nitrogens with zero attached hydrogens (tertiary/aromatic N) is 1. The SMILES string of the molecule is CCC1CC(C)C(=O)/C=C\C(C)=C/C(C)C(CC)OC(=O)CC(O)C(C)C1OC1OC(C)CC(N(C)C)C1O. The van der Waals surface area contributed by atoms with Crippen molar-refractivity contribution in [1.82, 2.24) is 4.90 Å². The van der Waals surface area contributed by atoms with Gasteiger partial charge in [-0.1, -0.05) is 58.8 Å². The lowest BCUT2D eigenvalue weighted by molar-refractivity contribution is -0.283. The third kappa shape index (κ3) is 9.49. The molecule has 2 N–H and O–H groups in total. The predicted molar refractivity (Wildman–Crippen MR) is 152 cm³/mol. The van der Waals surface area contributed by atoms with Crippen LogP contribution in [0.15, 0.2) is 23.8 Å². The molecule has 39 heavy (non-hydrogen) atoms. The zero-order valence-electron chi connectivity index (χ0n) is 25.5. The Kier molecular flexibility index (Phi) is 13.3. The second kappa shape index (κ2) is 15.4. The first kappa shape index (κ1) is 33.6. The molecule has 0 bridgehead atoms. The summed E-state index contributed by atoms with van der Waals surface area (Å²) in [6.45, 7) is 13.6. The van der Waals surface area contributed by atoms with Gasteiger partial charge in [0.1, 0.15) is 12.2 Å². The molecule has 2 aliphatic rings. The third-order valence-corrected chi connectivity index (χ3v) is 8.51. The van der Waals surface area contributed by atoms with Crippen molar-refractivity contribution in [3.05, 3.63) is 23.8 Å². The van der Waals surface area contributed by atoms with Crippen LogP contribution in [0, 0.1) is 23.7 Å². The van der Waals surface area contributed by atoms with Crippen LogP contribution in [0.4, 0.5) is 0 Å². The van der Waals surface area contributed by atoms with Crippen molar-refractivity contribution >= 4 is 11.8 Å². The molecule has 1 fully saturated rings. The normalized spacial score (nSPS) is 42.1. The van der Waals surface area contributed by atoms with Gasteiger partial charge in [-0.2, -0.15) is 0 Å². The van der Waals surface area contributed by atoms with Gasteiger partial charge in [-0.15, -0.1) is 0 Å². The maximum Gasteiger partial charge on any atom is 0.308 e. The van der Waals surface area contributed by atoms with Crippen molar-refractivity contribution in [2.75, 3.05) is 14.1 Å². The second-order valence-electron chi connectivity index (χ2n) is 12.1. The lowest BCUT2D eigenvalue weighted by atomic mass is 9.80. The van der Waals surface area contributed by atoms with Crippen LogP contribution in [-0.2, 0) is 23.8 Å². The Labute approximate surface area is 235 Å². The van der Waals surface area contributed by atoms with E-state index in [1.54, 1.807) is 6.08 Å². The maximum atomic E-state index is 13.1. The minimum atomic E-state index is -1.02. The highest BCUT2D eigenvalue weighted by Gasteiger charge is 2.43. The molecule has 0 saturated carbocycles. The van der Waals surface area contributed by atoms with Crippen molar-refractivity contribution in [3.63, 3.8) is 0 Å². The molecule has 0 amide bonds. The molecule has 8 heteroatoms. The van der Waals surface area contributed by atoms with E-state index in [4.69, 9.17) is 14.2 Å². The van der Waals surface area contributed by atoms with Gasteiger partial charge in [0, 0.05) is 23.8 Å². The highest BCUT2D eigenvalue weighted by molar-refractivity contribution is 5.91. The average molecular weight is 552 g/mol. The smallest absolute Gasteiger partial charge is 0.308 e. The number of esters is 1. The topological polar surface area (TPSA) is 106 Å². The molecule has 0 aromatic heterocycles. The molecule has 2 rings (SSSR count). The molecule has 1 saturated heterocycles. The van der Waals surface area contributed by atoms with Crippen LogP contribution in [0.2, 0.25) is 0 Å². The fourth-order valence-corrected chi connectivity index (χ4v) is 5.89. The Morgan fingerprint density at radius 1 is 1.03 bits per heavy atom. The highest BCUT2D eigenvalue weighted by atomic mass is 16.7. The summed E-state index contributed by atoms with van der Waals surface area (Å²) in [5, 5.41) is 22.4. The van der Waals surface area contributed by atoms with Crippen molar-refractivity contribution in [2.24, 2.45) is 23.7 Å². The molecule has 0 aliphatic carbocycles. The molecule has 11 unspecified atom stereocenters. The van der Waals surface area contributed by atoms with E-state index in [9.17, 15) is 19.8 Å². The predicted octanol–water partition coefficient (Wildman–Crippen LogP) is 4.28. The molecule has 2 aliphatic heterocycles. The van der Waals surface area contributed by atoms with Crippen LogP contribution in [0.5, 0.6) is 0 Å². The average Bonchev–Trinajstić information content (AvgIpc) is 2.87. The first-order valence-electron chi connectivity index (χ1n) is 14.7. The van der Waals surface area contributed by atoms with Crippen LogP contribution in [-0.4, -0.2) is 83.8 Å². The summed E-state index contributed by atoms with van der Waals surface area (Å²) in [6, 6.07) is -0.143. The standard InChI is InChI=1S/C31H53NO7/c1-10-23-15-19(4)25(33)13-12-18(3)14-20(5)27(11-2)38-28(35)17-26(34)22(7)30(23)39-31-29(36)24(32(8)9)16-21(6)37-31/h12-14,19-24,26-27,29-31,34,36H,10-11,15-17H2,1-9H3/b13-12-,18-14-. The van der Waals surface area contributed by atoms with Crippen LogP contribution >= 0.6 is 0 Å². The van der Waals surface area contributed by atoms with Crippen LogP contribution in [0.25, 0.3) is 0 Å². The molecule has 0 aromatic rings. The summed E-state index contributed by atoms with van der Waals surface area (Å²) in [5.41, 5.74) is 0.930. The number of ketones is 1. The first-order valence-corrected chi connectivity index (χ1v) is 14.7. The number of allylic oxidation sites excluding steroid dienone is 3. The number of cyclic esters (lactones) is 1. The number of aliphatic hydroxyl groups excluding tert-OH is 2. The number of aliphatic hydroxyl groups is 2. The molecule has 0 spiro atoms. The van der Waals surface area contributed by atoms with Crippen molar-refractivity contribution < 1.29 is 34.0 Å². The summed E-state index contributed by atoms with van der Waals surface area (Å²) in [5.74, 6) is -1.32. The summed E-state index contributed by atoms with van der Waals surface area (Å²) >= 11 is 0. The summed E-state index contributed by atoms with van der Waals surface area (Å²) < 4.78 is 18.4. The second-order valence-corrected chi connectivity index (χ2v) is 12.1. The van der Waals surface area contributed by atoms with Crippen molar-refractivity contribution in [2.45, 2.75) is 123 Å². The Morgan fingerprint density at radius 2 is 1.69 bits per heavy atom. The minimum absolute atomic E-state index is 0.0293. The lowest BCUT2D eigenvalue weighted by Gasteiger charge is -2.44. The van der Waals surface area contributed by atoms with Crippen molar-refractivity contribution in [1.29, 1.82) is 0 Å². The molecule has 224 valence electrons. The highest BCUT2D eigenvalue weighted by Crippen LogP contribution is 2.34. The van der Waals surface area contributed by atoms with E-state index in [0.717, 1.165) is 5.57 Å². The Balaban J connectivity index is 2.43. The lowest BCUT2D eigenvalue weighted by Crippen LogP contribution is -2.56. The van der Waals surface area contributed by atoms with Gasteiger partial charge < -0.3 is 29.3 Å². The van der Waals surface area contributed by atoms with E-state index in [0.29, 0.717) is 25.7 Å². The van der Waals surface area contributed by atoms with Gasteiger partial charge in [0.15, 0.2) is 12.1 Å². The molecular formula is C31H53NO7. The molecular weight excluding hydrogens is 498 g/mol. The fourth-order valence-electron chi connectivity index (χ4n) is 5.89. The van der Waals surface area contributed by atoms with Gasteiger partial charge in [0.05, 0.1) is 24.7 Å². The minimum Gasteiger partial charge on any atom is -0.462 e. The molecule has 0 radical (unpaired) electrons. The number of ether oxygens (including phenoxy) is 3. The number of rotatable bonds is 5. The van der Waals surface area contributed by atoms with Gasteiger partial charge in [-0.25, -0.2) is 0 Å². The number of likely N-dealkylation sites (N-methyl/N-ethyl adjacent to an activating group) is 1. The summed E-state index contributed by atoms with van der Waals surface area (Å²) in [6.07, 6.45) is 4.02. The molecule has 0 aromatic carbocycles. The van der Waals surface area contributed by atoms with Gasteiger partial charge >= 0.3 is 5.97 Å². The Hall–Kier alpha value is -1.58. The monoisotopic (exact) mass is 551 g/mol. The fraction of sp³-hybridized carbons (Fsp3) is 0.806. The van der Waals surface area contributed by atoms with E-state index < -0.39 is 36.5 Å². The third-order valence-electron chi connectivity index (χ3n) is 8.51. The zero-order chi connectivity index (χ0) is 29.4. The molecule has 2 heterocycles. The number of hydrogen-bond acceptors (Lipinski definition) is 8. The first-order chi connectivity index (χ1) is 18.3. The molecule has 11 atom stereocenters. The zero-order valence-corrected chi connectivity index (χ0v) is 25.5. The summed E-state index contributed by atoms with van der Waals surface area (Å²) in [7, 11) is 3.84. The number of hydrogen-bond donors (Lipinski definition) is 2. The van der Waals surface area contributed by atoms with Crippen LogP contribution < -0.4 is 0 Å². The van der Waals surface area contributed by atoms with Gasteiger partial charge in [-0.3, -0.25) is 9.59 Å². The quantitative estimate of drug-likeness (QED) is 0.488. The van der Waals surface area contributed by atoms with E-state index in [1.807, 2.05) is 79.6 Å². The van der Waals surface area contributed by atoms with E-state index >= 15 is 0 Å². The van der Waals surface area contributed by atoms with Gasteiger partial charge in [0.25, 0.3) is 0 Å². The Bertz CT molecular complexity index is 856. The van der Waals surface area contributed by atoms with E-state index in [1.165, 1.54) is 0 Å². The Morgan fingerprint density at radius 3 is 2.28 bits per heavy atom. The van der Waals surface area contributed by atoms with Crippen molar-refractivity contribution in [3.8, 4) is 0 Å². The maximum absolute atomic E-state index is 13.1. The van der Waals surface area contributed by atoms with Gasteiger partial charge in [0.2, 0.25) is 0 Å². The van der Waals surface area contributed by atoms with E-state index in [2.05, 4.69) is 0 Å². The number of carbonyl (C=O) groups is 2. The largest absolute Gasteiger partial charge is 0.462 e. The van der Waals surface area contributed by atoms with Crippen LogP contribution in [0.3, 0.4) is 0 Å². The van der Waals surface area contributed by atoms with E-state index in [-0.39, 0.29) is 48.2 Å². The van der Waals surface area contributed by atoms with Crippen LogP contribution in [0.1, 0.15) is 80.6 Å². The summed E-state index contributed by atoms with van der Waals surface area (Å²) in [4.78, 5) is 28.0. The number of carbonyl (C=O) groups excluding carboxylic acids is 2.